The third-order valence-electron chi connectivity index (χ3n) is 5.53. The predicted octanol–water partition coefficient (Wildman–Crippen LogP) is 5.51. The summed E-state index contributed by atoms with van der Waals surface area (Å²) in [5.74, 6) is -0.935. The Bertz CT molecular complexity index is 1270. The molecule has 4 amide bonds. The minimum atomic E-state index is -1.07. The van der Waals surface area contributed by atoms with Crippen LogP contribution in [0.4, 0.5) is 20.6 Å². The molecule has 1 aliphatic rings. The number of ether oxygens (including phenoxy) is 1. The molecule has 0 bridgehead atoms. The summed E-state index contributed by atoms with van der Waals surface area (Å²) < 4.78 is 18.5. The predicted molar refractivity (Wildman–Crippen MR) is 131 cm³/mol. The normalized spacial score (nSPS) is 15.3. The highest BCUT2D eigenvalue weighted by Gasteiger charge is 2.44. The van der Waals surface area contributed by atoms with Crippen molar-refractivity contribution in [2.45, 2.75) is 19.0 Å². The topological polar surface area (TPSA) is 79.0 Å². The second-order valence-electron chi connectivity index (χ2n) is 7.80. The number of methoxy groups -OCH3 is 1. The fourth-order valence-corrected chi connectivity index (χ4v) is 4.04. The molecule has 0 aliphatic carbocycles. The summed E-state index contributed by atoms with van der Waals surface area (Å²) in [5, 5.41) is 3.29. The van der Waals surface area contributed by atoms with E-state index in [0.717, 1.165) is 22.6 Å². The van der Waals surface area contributed by atoms with Crippen LogP contribution in [-0.2, 0) is 16.1 Å². The number of benzene rings is 3. The maximum Gasteiger partial charge on any atom is 0.322 e. The van der Waals surface area contributed by atoms with Crippen molar-refractivity contribution in [2.75, 3.05) is 17.3 Å². The van der Waals surface area contributed by atoms with Crippen LogP contribution in [0.15, 0.2) is 66.7 Å². The molecular formula is C25H20Cl2FN3O4. The second-order valence-corrected chi connectivity index (χ2v) is 8.61. The fourth-order valence-electron chi connectivity index (χ4n) is 3.74. The van der Waals surface area contributed by atoms with Gasteiger partial charge in [-0.1, -0.05) is 35.3 Å². The Balaban J connectivity index is 1.63. The number of anilines is 2. The van der Waals surface area contributed by atoms with Gasteiger partial charge >= 0.3 is 6.03 Å². The first-order chi connectivity index (χ1) is 16.8. The Morgan fingerprint density at radius 3 is 2.37 bits per heavy atom. The standard InChI is InChI=1S/C25H20Cl2FN3O4/c1-35-19-9-2-15(3-10-19)14-30(25(34)29-17-6-11-20(26)21(27)12-17)22-13-23(32)31(24(22)33)18-7-4-16(28)5-8-18/h2-12,22H,13-14H2,1H3,(H,29,34)/t22-/m0/s1. The summed E-state index contributed by atoms with van der Waals surface area (Å²) >= 11 is 12.0. The number of carbonyl (C=O) groups excluding carboxylic acids is 3. The third kappa shape index (κ3) is 5.39. The zero-order valence-electron chi connectivity index (χ0n) is 18.5. The molecule has 3 aromatic rings. The van der Waals surface area contributed by atoms with Crippen molar-refractivity contribution in [2.24, 2.45) is 0 Å². The minimum Gasteiger partial charge on any atom is -0.497 e. The molecule has 1 heterocycles. The number of hydrogen-bond donors (Lipinski definition) is 1. The molecular weight excluding hydrogens is 496 g/mol. The van der Waals surface area contributed by atoms with Gasteiger partial charge < -0.3 is 15.0 Å². The molecule has 0 aromatic heterocycles. The fraction of sp³-hybridized carbons (Fsp3) is 0.160. The van der Waals surface area contributed by atoms with Crippen molar-refractivity contribution < 1.29 is 23.5 Å². The highest BCUT2D eigenvalue weighted by molar-refractivity contribution is 6.42. The van der Waals surface area contributed by atoms with Crippen LogP contribution < -0.4 is 15.0 Å². The summed E-state index contributed by atoms with van der Waals surface area (Å²) in [6.07, 6.45) is -0.221. The minimum absolute atomic E-state index is 0.0398. The number of carbonyl (C=O) groups is 3. The van der Waals surface area contributed by atoms with E-state index < -0.39 is 29.7 Å². The van der Waals surface area contributed by atoms with E-state index in [0.29, 0.717) is 16.5 Å². The zero-order valence-corrected chi connectivity index (χ0v) is 20.0. The summed E-state index contributed by atoms with van der Waals surface area (Å²) in [7, 11) is 1.54. The Hall–Kier alpha value is -3.62. The average Bonchev–Trinajstić information content (AvgIpc) is 3.14. The van der Waals surface area contributed by atoms with E-state index in [1.807, 2.05) is 0 Å². The van der Waals surface area contributed by atoms with Gasteiger partial charge in [0.15, 0.2) is 0 Å². The molecule has 10 heteroatoms. The number of halogens is 3. The largest absolute Gasteiger partial charge is 0.497 e. The lowest BCUT2D eigenvalue weighted by Crippen LogP contribution is -2.46. The monoisotopic (exact) mass is 515 g/mol. The van der Waals surface area contributed by atoms with E-state index in [2.05, 4.69) is 5.32 Å². The van der Waals surface area contributed by atoms with Gasteiger partial charge in [0.05, 0.1) is 29.3 Å². The number of nitrogens with one attached hydrogen (secondary N) is 1. The maximum atomic E-state index is 13.4. The summed E-state index contributed by atoms with van der Waals surface area (Å²) in [6, 6.07) is 14.9. The molecule has 3 aromatic carbocycles. The van der Waals surface area contributed by atoms with Crippen LogP contribution in [0, 0.1) is 5.82 Å². The Morgan fingerprint density at radius 1 is 1.06 bits per heavy atom. The first-order valence-corrected chi connectivity index (χ1v) is 11.3. The van der Waals surface area contributed by atoms with Crippen LogP contribution in [0.5, 0.6) is 5.75 Å². The van der Waals surface area contributed by atoms with Gasteiger partial charge in [-0.15, -0.1) is 0 Å². The molecule has 0 unspecified atom stereocenters. The van der Waals surface area contributed by atoms with Gasteiger partial charge in [-0.25, -0.2) is 14.1 Å². The highest BCUT2D eigenvalue weighted by Crippen LogP contribution is 2.29. The smallest absolute Gasteiger partial charge is 0.322 e. The third-order valence-corrected chi connectivity index (χ3v) is 6.27. The molecule has 4 rings (SSSR count). The van der Waals surface area contributed by atoms with Gasteiger partial charge in [-0.2, -0.15) is 0 Å². The molecule has 1 atom stereocenters. The van der Waals surface area contributed by atoms with Crippen LogP contribution in [0.25, 0.3) is 0 Å². The van der Waals surface area contributed by atoms with Gasteiger partial charge in [-0.3, -0.25) is 9.59 Å². The van der Waals surface area contributed by atoms with E-state index in [4.69, 9.17) is 27.9 Å². The highest BCUT2D eigenvalue weighted by atomic mass is 35.5. The molecule has 35 heavy (non-hydrogen) atoms. The van der Waals surface area contributed by atoms with Crippen molar-refractivity contribution in [3.63, 3.8) is 0 Å². The lowest BCUT2D eigenvalue weighted by Gasteiger charge is -2.28. The van der Waals surface area contributed by atoms with Crippen LogP contribution >= 0.6 is 23.2 Å². The molecule has 0 spiro atoms. The molecule has 7 nitrogen and oxygen atoms in total. The van der Waals surface area contributed by atoms with Crippen molar-refractivity contribution >= 4 is 52.4 Å². The average molecular weight is 516 g/mol. The number of urea groups is 1. The van der Waals surface area contributed by atoms with Crippen molar-refractivity contribution in [1.29, 1.82) is 0 Å². The van der Waals surface area contributed by atoms with Crippen LogP contribution in [0.1, 0.15) is 12.0 Å². The molecule has 1 aliphatic heterocycles. The lowest BCUT2D eigenvalue weighted by molar-refractivity contribution is -0.122. The molecule has 180 valence electrons. The number of nitrogens with zero attached hydrogens (tertiary/aromatic N) is 2. The van der Waals surface area contributed by atoms with E-state index >= 15 is 0 Å². The molecule has 1 saturated heterocycles. The Labute approximate surface area is 211 Å². The second kappa shape index (κ2) is 10.3. The van der Waals surface area contributed by atoms with Gasteiger partial charge in [0, 0.05) is 12.2 Å². The van der Waals surface area contributed by atoms with Gasteiger partial charge in [0.1, 0.15) is 17.6 Å². The Kier molecular flexibility index (Phi) is 7.23. The quantitative estimate of drug-likeness (QED) is 0.439. The van der Waals surface area contributed by atoms with E-state index in [-0.39, 0.29) is 23.7 Å². The van der Waals surface area contributed by atoms with Crippen LogP contribution in [-0.4, -0.2) is 35.9 Å². The van der Waals surface area contributed by atoms with Gasteiger partial charge in [0.25, 0.3) is 5.91 Å². The van der Waals surface area contributed by atoms with Gasteiger partial charge in [0.2, 0.25) is 5.91 Å². The number of rotatable bonds is 6. The summed E-state index contributed by atoms with van der Waals surface area (Å²) in [4.78, 5) is 41.7. The summed E-state index contributed by atoms with van der Waals surface area (Å²) in [5.41, 5.74) is 1.32. The van der Waals surface area contributed by atoms with Crippen LogP contribution in [0.2, 0.25) is 10.0 Å². The molecule has 0 radical (unpaired) electrons. The van der Waals surface area contributed by atoms with E-state index in [9.17, 15) is 18.8 Å². The number of hydrogen-bond acceptors (Lipinski definition) is 4. The summed E-state index contributed by atoms with van der Waals surface area (Å²) in [6.45, 7) is 0.0398. The van der Waals surface area contributed by atoms with Crippen LogP contribution in [0.3, 0.4) is 0 Å². The maximum absolute atomic E-state index is 13.4. The SMILES string of the molecule is COc1ccc(CN(C(=O)Nc2ccc(Cl)c(Cl)c2)[C@H]2CC(=O)N(c3ccc(F)cc3)C2=O)cc1. The first-order valence-electron chi connectivity index (χ1n) is 10.5. The zero-order chi connectivity index (χ0) is 25.1. The number of amides is 4. The Morgan fingerprint density at radius 2 is 1.74 bits per heavy atom. The molecule has 0 saturated carbocycles. The van der Waals surface area contributed by atoms with E-state index in [1.54, 1.807) is 37.4 Å². The van der Waals surface area contributed by atoms with E-state index in [1.165, 1.54) is 29.2 Å². The van der Waals surface area contributed by atoms with Gasteiger partial charge in [-0.05, 0) is 60.2 Å². The van der Waals surface area contributed by atoms with Crippen molar-refractivity contribution in [1.82, 2.24) is 4.90 Å². The molecule has 1 N–H and O–H groups in total. The molecule has 1 fully saturated rings. The van der Waals surface area contributed by atoms with Crippen molar-refractivity contribution in [3.8, 4) is 5.75 Å². The lowest BCUT2D eigenvalue weighted by atomic mass is 10.1. The van der Waals surface area contributed by atoms with Crippen molar-refractivity contribution in [3.05, 3.63) is 88.2 Å². The number of imide groups is 1. The first kappa shape index (κ1) is 24.5.